The Labute approximate surface area is 101 Å². The molecule has 1 aliphatic heterocycles. The van der Waals surface area contributed by atoms with E-state index in [4.69, 9.17) is 11.6 Å². The molecule has 1 atom stereocenters. The zero-order valence-corrected chi connectivity index (χ0v) is 11.0. The lowest BCUT2D eigenvalue weighted by molar-refractivity contribution is 0.327. The van der Waals surface area contributed by atoms with E-state index in [1.165, 1.54) is 0 Å². The van der Waals surface area contributed by atoms with E-state index < -0.39 is 15.4 Å². The van der Waals surface area contributed by atoms with E-state index in [0.29, 0.717) is 11.6 Å². The Hall–Kier alpha value is -0.550. The van der Waals surface area contributed by atoms with Gasteiger partial charge in [0.15, 0.2) is 9.84 Å². The molecule has 0 aliphatic carbocycles. The van der Waals surface area contributed by atoms with Gasteiger partial charge < -0.3 is 0 Å². The first-order valence-electron chi connectivity index (χ1n) is 5.32. The highest BCUT2D eigenvalue weighted by Gasteiger charge is 2.41. The Bertz CT molecular complexity index is 509. The molecular weight excluding hydrogens is 248 g/mol. The number of hydrogen-bond acceptors (Lipinski definition) is 3. The lowest BCUT2D eigenvalue weighted by atomic mass is 10.0. The van der Waals surface area contributed by atoms with Crippen LogP contribution in [0, 0.1) is 0 Å². The van der Waals surface area contributed by atoms with Crippen LogP contribution in [-0.4, -0.2) is 29.7 Å². The molecule has 6 heteroatoms. The van der Waals surface area contributed by atoms with Crippen molar-refractivity contribution in [1.29, 1.82) is 0 Å². The van der Waals surface area contributed by atoms with Crippen molar-refractivity contribution in [1.82, 2.24) is 9.78 Å². The fourth-order valence-corrected chi connectivity index (χ4v) is 4.59. The Kier molecular flexibility index (Phi) is 2.78. The summed E-state index contributed by atoms with van der Waals surface area (Å²) in [5, 5.41) is 4.89. The van der Waals surface area contributed by atoms with Crippen LogP contribution in [0.1, 0.15) is 26.0 Å². The molecule has 0 spiro atoms. The first-order valence-corrected chi connectivity index (χ1v) is 7.51. The predicted octanol–water partition coefficient (Wildman–Crippen LogP) is 1.63. The summed E-state index contributed by atoms with van der Waals surface area (Å²) in [5.41, 5.74) is 0.416. The zero-order chi connectivity index (χ0) is 12.0. The standard InChI is InChI=1S/C10H15ClN2O2S/c1-3-8-6-9(11)13(12-8)10(2)4-5-16(14,15)7-10/h6H,3-5,7H2,1-2H3. The maximum atomic E-state index is 11.5. The average Bonchev–Trinajstić information content (AvgIpc) is 2.68. The predicted molar refractivity (Wildman–Crippen MR) is 63.5 cm³/mol. The summed E-state index contributed by atoms with van der Waals surface area (Å²) in [4.78, 5) is 0. The van der Waals surface area contributed by atoms with Crippen molar-refractivity contribution in [2.24, 2.45) is 0 Å². The van der Waals surface area contributed by atoms with Gasteiger partial charge in [0.05, 0.1) is 22.7 Å². The Morgan fingerprint density at radius 2 is 2.31 bits per heavy atom. The van der Waals surface area contributed by atoms with Crippen LogP contribution in [0.3, 0.4) is 0 Å². The van der Waals surface area contributed by atoms with E-state index in [0.717, 1.165) is 12.1 Å². The summed E-state index contributed by atoms with van der Waals surface area (Å²) in [7, 11) is -2.94. The fraction of sp³-hybridized carbons (Fsp3) is 0.700. The van der Waals surface area contributed by atoms with Gasteiger partial charge in [-0.2, -0.15) is 5.10 Å². The molecule has 0 aromatic carbocycles. The van der Waals surface area contributed by atoms with E-state index in [2.05, 4.69) is 5.10 Å². The minimum absolute atomic E-state index is 0.130. The number of sulfone groups is 1. The summed E-state index contributed by atoms with van der Waals surface area (Å²) >= 11 is 6.09. The lowest BCUT2D eigenvalue weighted by Gasteiger charge is -2.23. The largest absolute Gasteiger partial charge is 0.247 e. The molecule has 90 valence electrons. The fourth-order valence-electron chi connectivity index (χ4n) is 2.12. The molecule has 0 bridgehead atoms. The van der Waals surface area contributed by atoms with Crippen molar-refractivity contribution < 1.29 is 8.42 Å². The Balaban J connectivity index is 2.40. The van der Waals surface area contributed by atoms with E-state index in [-0.39, 0.29) is 11.5 Å². The maximum absolute atomic E-state index is 11.5. The molecule has 0 amide bonds. The molecule has 1 saturated heterocycles. The van der Waals surface area contributed by atoms with Gasteiger partial charge in [0.25, 0.3) is 0 Å². The molecule has 4 nitrogen and oxygen atoms in total. The summed E-state index contributed by atoms with van der Waals surface area (Å²) in [5.74, 6) is 0.353. The minimum atomic E-state index is -2.94. The number of halogens is 1. The molecule has 2 heterocycles. The van der Waals surface area contributed by atoms with Gasteiger partial charge >= 0.3 is 0 Å². The maximum Gasteiger partial charge on any atom is 0.152 e. The monoisotopic (exact) mass is 262 g/mol. The third kappa shape index (κ3) is 1.98. The van der Waals surface area contributed by atoms with Gasteiger partial charge in [-0.05, 0) is 25.8 Å². The van der Waals surface area contributed by atoms with Gasteiger partial charge in [0, 0.05) is 0 Å². The SMILES string of the molecule is CCc1cc(Cl)n(C2(C)CCS(=O)(=O)C2)n1. The first kappa shape index (κ1) is 11.9. The van der Waals surface area contributed by atoms with Crippen LogP contribution in [-0.2, 0) is 21.8 Å². The van der Waals surface area contributed by atoms with Crippen molar-refractivity contribution >= 4 is 21.4 Å². The van der Waals surface area contributed by atoms with Crippen LogP contribution >= 0.6 is 11.6 Å². The van der Waals surface area contributed by atoms with E-state index in [1.807, 2.05) is 13.8 Å². The molecular formula is C10H15ClN2O2S. The van der Waals surface area contributed by atoms with Crippen molar-refractivity contribution in [2.45, 2.75) is 32.2 Å². The Morgan fingerprint density at radius 3 is 2.75 bits per heavy atom. The van der Waals surface area contributed by atoms with Crippen LogP contribution in [0.15, 0.2) is 6.07 Å². The second-order valence-corrected chi connectivity index (χ2v) is 7.13. The van der Waals surface area contributed by atoms with Gasteiger partial charge in [-0.15, -0.1) is 0 Å². The quantitative estimate of drug-likeness (QED) is 0.814. The summed E-state index contributed by atoms with van der Waals surface area (Å²) < 4.78 is 24.7. The molecule has 0 N–H and O–H groups in total. The molecule has 1 aromatic rings. The van der Waals surface area contributed by atoms with Crippen molar-refractivity contribution in [3.05, 3.63) is 16.9 Å². The van der Waals surface area contributed by atoms with Crippen molar-refractivity contribution in [3.8, 4) is 0 Å². The van der Waals surface area contributed by atoms with Gasteiger partial charge in [-0.3, -0.25) is 0 Å². The summed E-state index contributed by atoms with van der Waals surface area (Å²) in [6.45, 7) is 3.90. The molecule has 16 heavy (non-hydrogen) atoms. The number of aryl methyl sites for hydroxylation is 1. The smallest absolute Gasteiger partial charge is 0.152 e. The van der Waals surface area contributed by atoms with E-state index >= 15 is 0 Å². The molecule has 1 unspecified atom stereocenters. The molecule has 2 rings (SSSR count). The highest BCUT2D eigenvalue weighted by molar-refractivity contribution is 7.91. The second-order valence-electron chi connectivity index (χ2n) is 4.56. The van der Waals surface area contributed by atoms with E-state index in [1.54, 1.807) is 10.7 Å². The highest BCUT2D eigenvalue weighted by atomic mass is 35.5. The summed E-state index contributed by atoms with van der Waals surface area (Å²) in [6.07, 6.45) is 1.38. The zero-order valence-electron chi connectivity index (χ0n) is 9.40. The normalized spacial score (nSPS) is 28.4. The van der Waals surface area contributed by atoms with Crippen LogP contribution in [0.25, 0.3) is 0 Å². The number of aromatic nitrogens is 2. The number of hydrogen-bond donors (Lipinski definition) is 0. The van der Waals surface area contributed by atoms with Crippen molar-refractivity contribution in [2.75, 3.05) is 11.5 Å². The second kappa shape index (κ2) is 3.74. The molecule has 1 aliphatic rings. The van der Waals surface area contributed by atoms with Gasteiger partial charge in [-0.1, -0.05) is 18.5 Å². The Morgan fingerprint density at radius 1 is 1.62 bits per heavy atom. The third-order valence-corrected chi connectivity index (χ3v) is 5.23. The van der Waals surface area contributed by atoms with Crippen LogP contribution in [0.5, 0.6) is 0 Å². The van der Waals surface area contributed by atoms with Crippen LogP contribution in [0.4, 0.5) is 0 Å². The van der Waals surface area contributed by atoms with Crippen LogP contribution in [0.2, 0.25) is 5.15 Å². The topological polar surface area (TPSA) is 52.0 Å². The molecule has 0 saturated carbocycles. The molecule has 1 aromatic heterocycles. The van der Waals surface area contributed by atoms with Crippen LogP contribution < -0.4 is 0 Å². The van der Waals surface area contributed by atoms with E-state index in [9.17, 15) is 8.42 Å². The number of nitrogens with zero attached hydrogens (tertiary/aromatic N) is 2. The van der Waals surface area contributed by atoms with Gasteiger partial charge in [-0.25, -0.2) is 13.1 Å². The minimum Gasteiger partial charge on any atom is -0.247 e. The summed E-state index contributed by atoms with van der Waals surface area (Å²) in [6, 6.07) is 1.80. The molecule has 0 radical (unpaired) electrons. The number of rotatable bonds is 2. The first-order chi connectivity index (χ1) is 7.36. The molecule has 1 fully saturated rings. The lowest BCUT2D eigenvalue weighted by Crippen LogP contribution is -2.32. The van der Waals surface area contributed by atoms with Gasteiger partial charge in [0.2, 0.25) is 0 Å². The van der Waals surface area contributed by atoms with Crippen molar-refractivity contribution in [3.63, 3.8) is 0 Å². The highest BCUT2D eigenvalue weighted by Crippen LogP contribution is 2.33. The third-order valence-electron chi connectivity index (χ3n) is 3.07. The average molecular weight is 263 g/mol. The van der Waals surface area contributed by atoms with Gasteiger partial charge in [0.1, 0.15) is 5.15 Å².